The summed E-state index contributed by atoms with van der Waals surface area (Å²) in [5.41, 5.74) is 0.0624. The van der Waals surface area contributed by atoms with E-state index in [4.69, 9.17) is 0 Å². The van der Waals surface area contributed by atoms with Crippen LogP contribution in [-0.4, -0.2) is 60.0 Å². The largest absolute Gasteiger partial charge is 0.356 e. The van der Waals surface area contributed by atoms with Crippen LogP contribution >= 0.6 is 0 Å². The molecule has 152 valence electrons. The molecule has 2 aliphatic heterocycles. The van der Waals surface area contributed by atoms with Crippen LogP contribution in [0.25, 0.3) is 6.08 Å². The Balaban J connectivity index is 1.35. The number of amides is 1. The number of halogens is 2. The fourth-order valence-corrected chi connectivity index (χ4v) is 3.69. The van der Waals surface area contributed by atoms with Crippen molar-refractivity contribution < 1.29 is 13.6 Å². The van der Waals surface area contributed by atoms with Gasteiger partial charge >= 0.3 is 0 Å². The summed E-state index contributed by atoms with van der Waals surface area (Å²) in [4.78, 5) is 27.3. The molecule has 1 aromatic carbocycles. The first-order chi connectivity index (χ1) is 14.1. The topological polar surface area (TPSA) is 52.6 Å². The molecule has 2 saturated heterocycles. The Morgan fingerprint density at radius 3 is 2.24 bits per heavy atom. The standard InChI is InChI=1S/C21H23F2N5O/c22-17-4-5-18(23)16(13-17)3-6-21(29)28-11-9-27(10-12-28)20-14-19(24-15-25-20)26-7-1-2-8-26/h3-6,13-15H,1-2,7-12H2/b6-3+. The second kappa shape index (κ2) is 8.55. The monoisotopic (exact) mass is 399 g/mol. The average Bonchev–Trinajstić information content (AvgIpc) is 3.29. The lowest BCUT2D eigenvalue weighted by atomic mass is 10.2. The molecule has 0 N–H and O–H groups in total. The van der Waals surface area contributed by atoms with E-state index in [1.807, 2.05) is 6.07 Å². The number of carbonyl (C=O) groups is 1. The number of aromatic nitrogens is 2. The van der Waals surface area contributed by atoms with Crippen molar-refractivity contribution >= 4 is 23.6 Å². The molecular weight excluding hydrogens is 376 g/mol. The van der Waals surface area contributed by atoms with Gasteiger partial charge in [-0.3, -0.25) is 4.79 Å². The molecule has 2 aromatic rings. The normalized spacial score (nSPS) is 17.4. The maximum absolute atomic E-state index is 13.7. The van der Waals surface area contributed by atoms with Crippen LogP contribution in [0, 0.1) is 11.6 Å². The predicted molar refractivity (Wildman–Crippen MR) is 108 cm³/mol. The first-order valence-corrected chi connectivity index (χ1v) is 9.84. The van der Waals surface area contributed by atoms with E-state index >= 15 is 0 Å². The molecular formula is C21H23F2N5O. The molecule has 6 nitrogen and oxygen atoms in total. The number of benzene rings is 1. The molecule has 2 aliphatic rings. The summed E-state index contributed by atoms with van der Waals surface area (Å²) in [5, 5.41) is 0. The molecule has 8 heteroatoms. The minimum Gasteiger partial charge on any atom is -0.356 e. The molecule has 0 spiro atoms. The average molecular weight is 399 g/mol. The molecule has 0 aliphatic carbocycles. The summed E-state index contributed by atoms with van der Waals surface area (Å²) in [5.74, 6) is 0.509. The molecule has 3 heterocycles. The molecule has 0 bridgehead atoms. The van der Waals surface area contributed by atoms with Crippen LogP contribution in [-0.2, 0) is 4.79 Å². The maximum atomic E-state index is 13.7. The molecule has 0 radical (unpaired) electrons. The van der Waals surface area contributed by atoms with Crippen LogP contribution in [0.1, 0.15) is 18.4 Å². The number of anilines is 2. The van der Waals surface area contributed by atoms with Crippen LogP contribution in [0.2, 0.25) is 0 Å². The van der Waals surface area contributed by atoms with Crippen molar-refractivity contribution in [1.82, 2.24) is 14.9 Å². The summed E-state index contributed by atoms with van der Waals surface area (Å²) in [6.45, 7) is 4.44. The van der Waals surface area contributed by atoms with E-state index in [1.165, 1.54) is 25.0 Å². The molecule has 0 unspecified atom stereocenters. The van der Waals surface area contributed by atoms with Gasteiger partial charge < -0.3 is 14.7 Å². The van der Waals surface area contributed by atoms with Gasteiger partial charge in [-0.25, -0.2) is 18.7 Å². The van der Waals surface area contributed by atoms with Crippen molar-refractivity contribution in [3.05, 3.63) is 53.9 Å². The van der Waals surface area contributed by atoms with Gasteiger partial charge in [-0.2, -0.15) is 0 Å². The minimum atomic E-state index is -0.558. The zero-order valence-electron chi connectivity index (χ0n) is 16.1. The molecule has 2 fully saturated rings. The van der Waals surface area contributed by atoms with Gasteiger partial charge in [0.1, 0.15) is 29.6 Å². The zero-order chi connectivity index (χ0) is 20.2. The van der Waals surface area contributed by atoms with E-state index in [-0.39, 0.29) is 11.5 Å². The van der Waals surface area contributed by atoms with Crippen LogP contribution < -0.4 is 9.80 Å². The van der Waals surface area contributed by atoms with Crippen LogP contribution in [0.15, 0.2) is 36.7 Å². The van der Waals surface area contributed by atoms with E-state index < -0.39 is 11.6 Å². The van der Waals surface area contributed by atoms with Gasteiger partial charge in [-0.05, 0) is 37.1 Å². The highest BCUT2D eigenvalue weighted by atomic mass is 19.1. The Kier molecular flexibility index (Phi) is 5.69. The molecule has 1 amide bonds. The highest BCUT2D eigenvalue weighted by molar-refractivity contribution is 5.92. The van der Waals surface area contributed by atoms with Gasteiger partial charge in [-0.15, -0.1) is 0 Å². The number of hydrogen-bond donors (Lipinski definition) is 0. The molecule has 1 aromatic heterocycles. The molecule has 0 saturated carbocycles. The van der Waals surface area contributed by atoms with Crippen molar-refractivity contribution in [2.24, 2.45) is 0 Å². The number of hydrogen-bond acceptors (Lipinski definition) is 5. The highest BCUT2D eigenvalue weighted by Gasteiger charge is 2.22. The summed E-state index contributed by atoms with van der Waals surface area (Å²) in [6, 6.07) is 5.19. The smallest absolute Gasteiger partial charge is 0.246 e. The van der Waals surface area contributed by atoms with Gasteiger partial charge in [0.15, 0.2) is 0 Å². The van der Waals surface area contributed by atoms with E-state index in [2.05, 4.69) is 19.8 Å². The third-order valence-electron chi connectivity index (χ3n) is 5.35. The highest BCUT2D eigenvalue weighted by Crippen LogP contribution is 2.22. The third-order valence-corrected chi connectivity index (χ3v) is 5.35. The quantitative estimate of drug-likeness (QED) is 0.740. The summed E-state index contributed by atoms with van der Waals surface area (Å²) in [7, 11) is 0. The zero-order valence-corrected chi connectivity index (χ0v) is 16.1. The lowest BCUT2D eigenvalue weighted by Crippen LogP contribution is -2.48. The fraction of sp³-hybridized carbons (Fsp3) is 0.381. The van der Waals surface area contributed by atoms with Crippen molar-refractivity contribution in [3.63, 3.8) is 0 Å². The second-order valence-electron chi connectivity index (χ2n) is 7.24. The lowest BCUT2D eigenvalue weighted by Gasteiger charge is -2.35. The fourth-order valence-electron chi connectivity index (χ4n) is 3.69. The van der Waals surface area contributed by atoms with Crippen molar-refractivity contribution in [1.29, 1.82) is 0 Å². The van der Waals surface area contributed by atoms with Gasteiger partial charge in [0.05, 0.1) is 0 Å². The van der Waals surface area contributed by atoms with E-state index in [0.29, 0.717) is 26.2 Å². The Hall–Kier alpha value is -3.03. The molecule has 29 heavy (non-hydrogen) atoms. The van der Waals surface area contributed by atoms with Crippen LogP contribution in [0.4, 0.5) is 20.4 Å². The van der Waals surface area contributed by atoms with Gasteiger partial charge in [0.25, 0.3) is 0 Å². The first kappa shape index (κ1) is 19.3. The summed E-state index contributed by atoms with van der Waals surface area (Å²) in [6.07, 6.45) is 6.58. The Labute approximate surface area is 168 Å². The molecule has 0 atom stereocenters. The van der Waals surface area contributed by atoms with Crippen molar-refractivity contribution in [3.8, 4) is 0 Å². The van der Waals surface area contributed by atoms with Crippen molar-refractivity contribution in [2.45, 2.75) is 12.8 Å². The SMILES string of the molecule is O=C(/C=C/c1cc(F)ccc1F)N1CCN(c2cc(N3CCCC3)ncn2)CC1. The van der Waals surface area contributed by atoms with E-state index in [1.54, 1.807) is 11.2 Å². The Morgan fingerprint density at radius 1 is 0.897 bits per heavy atom. The molecule has 4 rings (SSSR count). The van der Waals surface area contributed by atoms with E-state index in [9.17, 15) is 13.6 Å². The van der Waals surface area contributed by atoms with Crippen LogP contribution in [0.5, 0.6) is 0 Å². The van der Waals surface area contributed by atoms with Gasteiger partial charge in [-0.1, -0.05) is 0 Å². The Morgan fingerprint density at radius 2 is 1.55 bits per heavy atom. The van der Waals surface area contributed by atoms with E-state index in [0.717, 1.165) is 42.9 Å². The Bertz CT molecular complexity index is 906. The number of rotatable bonds is 4. The summed E-state index contributed by atoms with van der Waals surface area (Å²) < 4.78 is 26.9. The number of nitrogens with zero attached hydrogens (tertiary/aromatic N) is 5. The number of carbonyl (C=O) groups excluding carboxylic acids is 1. The second-order valence-corrected chi connectivity index (χ2v) is 7.24. The van der Waals surface area contributed by atoms with Gasteiger partial charge in [0.2, 0.25) is 5.91 Å². The summed E-state index contributed by atoms with van der Waals surface area (Å²) >= 11 is 0. The van der Waals surface area contributed by atoms with Crippen molar-refractivity contribution in [2.75, 3.05) is 49.1 Å². The maximum Gasteiger partial charge on any atom is 0.246 e. The van der Waals surface area contributed by atoms with Gasteiger partial charge in [0, 0.05) is 57.0 Å². The first-order valence-electron chi connectivity index (χ1n) is 9.84. The third kappa shape index (κ3) is 4.52. The minimum absolute atomic E-state index is 0.0624. The number of piperazine rings is 1. The lowest BCUT2D eigenvalue weighted by molar-refractivity contribution is -0.126. The van der Waals surface area contributed by atoms with Crippen LogP contribution in [0.3, 0.4) is 0 Å². The predicted octanol–water partition coefficient (Wildman–Crippen LogP) is 2.72.